The number of nitrogens with zero attached hydrogens (tertiary/aromatic N) is 1. The molecule has 19 heavy (non-hydrogen) atoms. The SMILES string of the molecule is CCCC[C@H](CC)C(=O)NCCCN1CCOCC1. The summed E-state index contributed by atoms with van der Waals surface area (Å²) in [6, 6.07) is 0. The third kappa shape index (κ3) is 6.92. The van der Waals surface area contributed by atoms with Gasteiger partial charge >= 0.3 is 0 Å². The molecule has 1 N–H and O–H groups in total. The summed E-state index contributed by atoms with van der Waals surface area (Å²) in [5, 5.41) is 3.09. The maximum atomic E-state index is 12.0. The normalized spacial score (nSPS) is 18.2. The minimum Gasteiger partial charge on any atom is -0.379 e. The van der Waals surface area contributed by atoms with E-state index in [1.54, 1.807) is 0 Å². The van der Waals surface area contributed by atoms with E-state index in [-0.39, 0.29) is 11.8 Å². The van der Waals surface area contributed by atoms with Crippen molar-refractivity contribution in [3.05, 3.63) is 0 Å². The number of carbonyl (C=O) groups is 1. The van der Waals surface area contributed by atoms with Crippen molar-refractivity contribution in [2.45, 2.75) is 46.0 Å². The Morgan fingerprint density at radius 2 is 2.00 bits per heavy atom. The number of hydrogen-bond acceptors (Lipinski definition) is 3. The van der Waals surface area contributed by atoms with Crippen LogP contribution in [0.25, 0.3) is 0 Å². The third-order valence-electron chi connectivity index (χ3n) is 3.82. The maximum Gasteiger partial charge on any atom is 0.223 e. The highest BCUT2D eigenvalue weighted by molar-refractivity contribution is 5.78. The second-order valence-electron chi connectivity index (χ2n) is 5.35. The number of amides is 1. The lowest BCUT2D eigenvalue weighted by atomic mass is 9.98. The number of morpholine rings is 1. The van der Waals surface area contributed by atoms with Crippen molar-refractivity contribution in [2.24, 2.45) is 5.92 Å². The van der Waals surface area contributed by atoms with Crippen LogP contribution in [0.5, 0.6) is 0 Å². The van der Waals surface area contributed by atoms with E-state index in [9.17, 15) is 4.79 Å². The molecule has 0 bridgehead atoms. The Morgan fingerprint density at radius 3 is 2.63 bits per heavy atom. The number of carbonyl (C=O) groups excluding carboxylic acids is 1. The molecule has 1 rings (SSSR count). The van der Waals surface area contributed by atoms with Gasteiger partial charge in [-0.25, -0.2) is 0 Å². The largest absolute Gasteiger partial charge is 0.379 e. The lowest BCUT2D eigenvalue weighted by molar-refractivity contribution is -0.125. The van der Waals surface area contributed by atoms with E-state index in [0.717, 1.165) is 65.1 Å². The van der Waals surface area contributed by atoms with Gasteiger partial charge in [-0.15, -0.1) is 0 Å². The molecule has 1 atom stereocenters. The van der Waals surface area contributed by atoms with E-state index in [1.807, 2.05) is 0 Å². The molecular formula is C15H30N2O2. The minimum absolute atomic E-state index is 0.211. The summed E-state index contributed by atoms with van der Waals surface area (Å²) in [5.41, 5.74) is 0. The zero-order valence-electron chi connectivity index (χ0n) is 12.6. The van der Waals surface area contributed by atoms with Crippen LogP contribution in [0.3, 0.4) is 0 Å². The van der Waals surface area contributed by atoms with Gasteiger partial charge in [0.05, 0.1) is 13.2 Å². The number of unbranched alkanes of at least 4 members (excludes halogenated alkanes) is 1. The van der Waals surface area contributed by atoms with Gasteiger partial charge in [-0.3, -0.25) is 9.69 Å². The molecule has 0 radical (unpaired) electrons. The molecule has 112 valence electrons. The van der Waals surface area contributed by atoms with Crippen LogP contribution in [-0.2, 0) is 9.53 Å². The molecule has 4 heteroatoms. The summed E-state index contributed by atoms with van der Waals surface area (Å²) >= 11 is 0. The van der Waals surface area contributed by atoms with Crippen LogP contribution in [0.4, 0.5) is 0 Å². The summed E-state index contributed by atoms with van der Waals surface area (Å²) in [4.78, 5) is 14.4. The second-order valence-corrected chi connectivity index (χ2v) is 5.35. The van der Waals surface area contributed by atoms with Crippen LogP contribution in [0.1, 0.15) is 46.0 Å². The first-order chi connectivity index (χ1) is 9.27. The first-order valence-electron chi connectivity index (χ1n) is 7.85. The molecule has 0 aromatic carbocycles. The summed E-state index contributed by atoms with van der Waals surface area (Å²) in [5.74, 6) is 0.460. The van der Waals surface area contributed by atoms with E-state index in [1.165, 1.54) is 6.42 Å². The van der Waals surface area contributed by atoms with Gasteiger partial charge in [0.2, 0.25) is 5.91 Å². The summed E-state index contributed by atoms with van der Waals surface area (Å²) in [6.07, 6.45) is 5.34. The number of hydrogen-bond donors (Lipinski definition) is 1. The van der Waals surface area contributed by atoms with Crippen LogP contribution in [0.2, 0.25) is 0 Å². The topological polar surface area (TPSA) is 41.6 Å². The predicted octanol–water partition coefficient (Wildman–Crippen LogP) is 2.04. The summed E-state index contributed by atoms with van der Waals surface area (Å²) < 4.78 is 5.32. The highest BCUT2D eigenvalue weighted by atomic mass is 16.5. The fourth-order valence-electron chi connectivity index (χ4n) is 2.45. The van der Waals surface area contributed by atoms with Crippen molar-refractivity contribution >= 4 is 5.91 Å². The minimum atomic E-state index is 0.211. The van der Waals surface area contributed by atoms with Crippen molar-refractivity contribution in [1.29, 1.82) is 0 Å². The molecule has 0 unspecified atom stereocenters. The molecule has 0 spiro atoms. The Bertz CT molecular complexity index is 240. The second kappa shape index (κ2) is 10.2. The van der Waals surface area contributed by atoms with Gasteiger partial charge in [-0.1, -0.05) is 26.7 Å². The summed E-state index contributed by atoms with van der Waals surface area (Å²) in [7, 11) is 0. The molecule has 1 amide bonds. The van der Waals surface area contributed by atoms with Gasteiger partial charge in [0.1, 0.15) is 0 Å². The van der Waals surface area contributed by atoms with E-state index < -0.39 is 0 Å². The standard InChI is InChI=1S/C15H30N2O2/c1-3-5-7-14(4-2)15(18)16-8-6-9-17-10-12-19-13-11-17/h14H,3-13H2,1-2H3,(H,16,18)/t14-/m0/s1. The highest BCUT2D eigenvalue weighted by Gasteiger charge is 2.15. The fraction of sp³-hybridized carbons (Fsp3) is 0.933. The van der Waals surface area contributed by atoms with Crippen LogP contribution in [0, 0.1) is 5.92 Å². The lowest BCUT2D eigenvalue weighted by Crippen LogP contribution is -2.38. The Kier molecular flexibility index (Phi) is 8.84. The van der Waals surface area contributed by atoms with Crippen molar-refractivity contribution in [3.8, 4) is 0 Å². The number of rotatable bonds is 9. The molecule has 0 aromatic rings. The van der Waals surface area contributed by atoms with Crippen molar-refractivity contribution in [1.82, 2.24) is 10.2 Å². The fourth-order valence-corrected chi connectivity index (χ4v) is 2.45. The quantitative estimate of drug-likeness (QED) is 0.652. The lowest BCUT2D eigenvalue weighted by Gasteiger charge is -2.26. The average Bonchev–Trinajstić information content (AvgIpc) is 2.45. The summed E-state index contributed by atoms with van der Waals surface area (Å²) in [6.45, 7) is 9.90. The van der Waals surface area contributed by atoms with E-state index in [0.29, 0.717) is 0 Å². The molecule has 1 aliphatic heterocycles. The Labute approximate surface area is 117 Å². The van der Waals surface area contributed by atoms with Crippen LogP contribution >= 0.6 is 0 Å². The van der Waals surface area contributed by atoms with E-state index >= 15 is 0 Å². The van der Waals surface area contributed by atoms with E-state index in [4.69, 9.17) is 4.74 Å². The highest BCUT2D eigenvalue weighted by Crippen LogP contribution is 2.12. The van der Waals surface area contributed by atoms with Crippen LogP contribution in [-0.4, -0.2) is 50.2 Å². The maximum absolute atomic E-state index is 12.0. The Morgan fingerprint density at radius 1 is 1.26 bits per heavy atom. The van der Waals surface area contributed by atoms with Crippen molar-refractivity contribution in [3.63, 3.8) is 0 Å². The van der Waals surface area contributed by atoms with Crippen LogP contribution in [0.15, 0.2) is 0 Å². The molecule has 1 aliphatic rings. The molecule has 4 nitrogen and oxygen atoms in total. The monoisotopic (exact) mass is 270 g/mol. The van der Waals surface area contributed by atoms with Crippen molar-refractivity contribution in [2.75, 3.05) is 39.4 Å². The molecule has 1 saturated heterocycles. The van der Waals surface area contributed by atoms with Crippen LogP contribution < -0.4 is 5.32 Å². The Hall–Kier alpha value is -0.610. The van der Waals surface area contributed by atoms with Gasteiger partial charge in [-0.05, 0) is 25.8 Å². The predicted molar refractivity (Wildman–Crippen MR) is 78.2 cm³/mol. The Balaban J connectivity index is 2.07. The average molecular weight is 270 g/mol. The molecule has 0 aromatic heterocycles. The zero-order valence-corrected chi connectivity index (χ0v) is 12.6. The van der Waals surface area contributed by atoms with Gasteiger partial charge in [0.25, 0.3) is 0 Å². The van der Waals surface area contributed by atoms with Gasteiger partial charge < -0.3 is 10.1 Å². The molecule has 1 fully saturated rings. The molecule has 0 aliphatic carbocycles. The van der Waals surface area contributed by atoms with E-state index in [2.05, 4.69) is 24.1 Å². The smallest absolute Gasteiger partial charge is 0.223 e. The van der Waals surface area contributed by atoms with Gasteiger partial charge in [0.15, 0.2) is 0 Å². The first-order valence-corrected chi connectivity index (χ1v) is 7.85. The number of ether oxygens (including phenoxy) is 1. The van der Waals surface area contributed by atoms with Gasteiger partial charge in [0, 0.05) is 25.6 Å². The number of nitrogens with one attached hydrogen (secondary N) is 1. The van der Waals surface area contributed by atoms with Gasteiger partial charge in [-0.2, -0.15) is 0 Å². The first kappa shape index (κ1) is 16.4. The third-order valence-corrected chi connectivity index (χ3v) is 3.82. The zero-order chi connectivity index (χ0) is 13.9. The van der Waals surface area contributed by atoms with Crippen molar-refractivity contribution < 1.29 is 9.53 Å². The molecular weight excluding hydrogens is 240 g/mol. The molecule has 1 heterocycles. The molecule has 0 saturated carbocycles.